The lowest BCUT2D eigenvalue weighted by Crippen LogP contribution is -2.35. The molecule has 1 aromatic rings. The minimum absolute atomic E-state index is 0.132. The number of H-pyrrole nitrogens is 1. The lowest BCUT2D eigenvalue weighted by Gasteiger charge is -2.28. The summed E-state index contributed by atoms with van der Waals surface area (Å²) in [4.78, 5) is 25.5. The number of aliphatic hydroxyl groups is 1. The van der Waals surface area contributed by atoms with Gasteiger partial charge in [-0.1, -0.05) is 26.8 Å². The molecule has 31 heavy (non-hydrogen) atoms. The Kier molecular flexibility index (Phi) is 16.3. The van der Waals surface area contributed by atoms with Crippen molar-refractivity contribution in [2.45, 2.75) is 59.9 Å². The van der Waals surface area contributed by atoms with Crippen molar-refractivity contribution < 1.29 is 5.11 Å². The van der Waals surface area contributed by atoms with Crippen molar-refractivity contribution in [2.24, 2.45) is 21.5 Å². The predicted octanol–water partition coefficient (Wildman–Crippen LogP) is 2.91. The van der Waals surface area contributed by atoms with Crippen molar-refractivity contribution in [2.75, 3.05) is 19.7 Å². The van der Waals surface area contributed by atoms with E-state index < -0.39 is 0 Å². The van der Waals surface area contributed by atoms with E-state index in [0.29, 0.717) is 12.4 Å². The number of pyridine rings is 1. The third-order valence-corrected chi connectivity index (χ3v) is 4.28. The monoisotopic (exact) mass is 432 g/mol. The minimum Gasteiger partial charge on any atom is -0.404 e. The highest BCUT2D eigenvalue weighted by molar-refractivity contribution is 6.09. The summed E-state index contributed by atoms with van der Waals surface area (Å²) in [6.07, 6.45) is 10.8. The Morgan fingerprint density at radius 1 is 1.19 bits per heavy atom. The number of hydrogen-bond acceptors (Lipinski definition) is 5. The van der Waals surface area contributed by atoms with Crippen LogP contribution in [0, 0.1) is 0 Å². The Balaban J connectivity index is 0.00000165. The molecular weight excluding hydrogens is 392 g/mol. The highest BCUT2D eigenvalue weighted by atomic mass is 16.2. The average Bonchev–Trinajstić information content (AvgIpc) is 2.81. The molecule has 0 unspecified atom stereocenters. The summed E-state index contributed by atoms with van der Waals surface area (Å²) in [5, 5.41) is 7.57. The first-order valence-electron chi connectivity index (χ1n) is 11.1. The van der Waals surface area contributed by atoms with Crippen molar-refractivity contribution in [3.8, 4) is 0 Å². The second kappa shape index (κ2) is 17.9. The van der Waals surface area contributed by atoms with E-state index in [0.717, 1.165) is 49.3 Å². The molecule has 0 amide bonds. The molecule has 8 nitrogen and oxygen atoms in total. The summed E-state index contributed by atoms with van der Waals surface area (Å²) >= 11 is 0. The Morgan fingerprint density at radius 2 is 1.84 bits per heavy atom. The second-order valence-corrected chi connectivity index (χ2v) is 6.44. The van der Waals surface area contributed by atoms with Crippen LogP contribution in [0.25, 0.3) is 0 Å². The van der Waals surface area contributed by atoms with Crippen LogP contribution in [0.5, 0.6) is 0 Å². The lowest BCUT2D eigenvalue weighted by molar-refractivity contribution is 0.318. The van der Waals surface area contributed by atoms with Gasteiger partial charge in [0.25, 0.3) is 0 Å². The van der Waals surface area contributed by atoms with Gasteiger partial charge in [0.15, 0.2) is 5.84 Å². The second-order valence-electron chi connectivity index (χ2n) is 6.44. The van der Waals surface area contributed by atoms with Gasteiger partial charge in [-0.25, -0.2) is 4.99 Å². The van der Waals surface area contributed by atoms with Crippen LogP contribution >= 0.6 is 0 Å². The third kappa shape index (κ3) is 11.2. The van der Waals surface area contributed by atoms with Crippen molar-refractivity contribution in [3.63, 3.8) is 0 Å². The van der Waals surface area contributed by atoms with Crippen molar-refractivity contribution in [3.05, 3.63) is 58.3 Å². The van der Waals surface area contributed by atoms with E-state index in [9.17, 15) is 4.79 Å². The van der Waals surface area contributed by atoms with Crippen LogP contribution in [-0.4, -0.2) is 46.4 Å². The zero-order valence-corrected chi connectivity index (χ0v) is 19.5. The van der Waals surface area contributed by atoms with Crippen LogP contribution < -0.4 is 17.0 Å². The quantitative estimate of drug-likeness (QED) is 0.419. The molecule has 1 aliphatic heterocycles. The number of rotatable bonds is 5. The first-order valence-corrected chi connectivity index (χ1v) is 11.1. The van der Waals surface area contributed by atoms with Crippen LogP contribution in [0.2, 0.25) is 0 Å². The number of nitrogens with two attached hydrogens (primary N) is 2. The topological polar surface area (TPSA) is 133 Å². The summed E-state index contributed by atoms with van der Waals surface area (Å²) in [5.41, 5.74) is 13.1. The van der Waals surface area contributed by atoms with Gasteiger partial charge in [0.05, 0.1) is 6.54 Å². The Labute approximate surface area is 186 Å². The molecule has 1 fully saturated rings. The van der Waals surface area contributed by atoms with E-state index in [2.05, 4.69) is 14.9 Å². The van der Waals surface area contributed by atoms with E-state index in [1.807, 2.05) is 26.8 Å². The summed E-state index contributed by atoms with van der Waals surface area (Å²) < 4.78 is 0. The van der Waals surface area contributed by atoms with E-state index in [1.165, 1.54) is 18.7 Å². The van der Waals surface area contributed by atoms with E-state index in [1.54, 1.807) is 25.4 Å². The zero-order valence-electron chi connectivity index (χ0n) is 19.5. The largest absolute Gasteiger partial charge is 0.404 e. The fourth-order valence-corrected chi connectivity index (χ4v) is 2.80. The van der Waals surface area contributed by atoms with Crippen molar-refractivity contribution >= 4 is 11.7 Å². The van der Waals surface area contributed by atoms with Gasteiger partial charge in [0.1, 0.15) is 5.84 Å². The van der Waals surface area contributed by atoms with Crippen molar-refractivity contribution in [1.29, 1.82) is 0 Å². The van der Waals surface area contributed by atoms with E-state index >= 15 is 0 Å². The van der Waals surface area contributed by atoms with Crippen LogP contribution in [-0.2, 0) is 6.54 Å². The molecule has 0 spiro atoms. The Hall–Kier alpha value is -2.87. The molecule has 0 aromatic carbocycles. The van der Waals surface area contributed by atoms with Gasteiger partial charge >= 0.3 is 0 Å². The normalized spacial score (nSPS) is 15.1. The smallest absolute Gasteiger partial charge is 0.247 e. The van der Waals surface area contributed by atoms with Crippen LogP contribution in [0.1, 0.15) is 58.9 Å². The number of hydrogen-bond donors (Lipinski definition) is 4. The van der Waals surface area contributed by atoms with Gasteiger partial charge in [-0.3, -0.25) is 9.79 Å². The summed E-state index contributed by atoms with van der Waals surface area (Å²) in [6, 6.07) is 3.25. The molecule has 0 saturated carbocycles. The number of amidine groups is 2. The van der Waals surface area contributed by atoms with Gasteiger partial charge in [-0.2, -0.15) is 0 Å². The molecular formula is C23H40N6O2. The van der Waals surface area contributed by atoms with E-state index in [-0.39, 0.29) is 12.2 Å². The first-order chi connectivity index (χ1) is 15.1. The summed E-state index contributed by atoms with van der Waals surface area (Å²) in [5.74, 6) is 1.40. The van der Waals surface area contributed by atoms with Gasteiger partial charge < -0.3 is 26.5 Å². The number of aliphatic hydroxyl groups excluding tert-OH is 1. The van der Waals surface area contributed by atoms with Gasteiger partial charge in [-0.05, 0) is 50.4 Å². The molecule has 6 N–H and O–H groups in total. The number of aromatic amines is 1. The van der Waals surface area contributed by atoms with Crippen LogP contribution in [0.4, 0.5) is 0 Å². The first kappa shape index (κ1) is 28.1. The van der Waals surface area contributed by atoms with Crippen molar-refractivity contribution in [1.82, 2.24) is 9.88 Å². The predicted molar refractivity (Wildman–Crippen MR) is 131 cm³/mol. The maximum Gasteiger partial charge on any atom is 0.247 e. The SMILES string of the molecule is CC.CC/C(=C/N)C(=NCc1ccc(=O)[nH]c1)N=C(/C=C\N)N1CCCCC1.CCO. The van der Waals surface area contributed by atoms with Gasteiger partial charge in [0, 0.05) is 43.7 Å². The molecule has 1 aromatic heterocycles. The standard InChI is InChI=1S/C19H28N6O.C2H6O.C2H6/c1-2-16(12-21)19(23-14-15-6-7-18(26)22-13-15)24-17(8-9-20)25-10-4-3-5-11-25;1-2-3;1-2/h6-9,12-13H,2-5,10-11,14,20-21H2,1H3,(H,22,26);3H,2H2,1H3;1-2H3/b9-8-,16-12-,23-19?,24-17?;;. The highest BCUT2D eigenvalue weighted by Crippen LogP contribution is 2.13. The number of aliphatic imine (C=N–C) groups is 2. The Bertz CT molecular complexity index is 754. The fraction of sp³-hybridized carbons (Fsp3) is 0.522. The van der Waals surface area contributed by atoms with Crippen LogP contribution in [0.15, 0.2) is 57.2 Å². The summed E-state index contributed by atoms with van der Waals surface area (Å²) in [7, 11) is 0. The van der Waals surface area contributed by atoms with Gasteiger partial charge in [-0.15, -0.1) is 0 Å². The number of piperidine rings is 1. The molecule has 0 bridgehead atoms. The number of nitrogens with one attached hydrogen (secondary N) is 1. The maximum absolute atomic E-state index is 11.2. The summed E-state index contributed by atoms with van der Waals surface area (Å²) in [6.45, 7) is 10.3. The molecule has 2 heterocycles. The molecule has 2 rings (SSSR count). The third-order valence-electron chi connectivity index (χ3n) is 4.28. The number of nitrogens with zero attached hydrogens (tertiary/aromatic N) is 3. The molecule has 8 heteroatoms. The Morgan fingerprint density at radius 3 is 2.32 bits per heavy atom. The molecule has 1 saturated heterocycles. The lowest BCUT2D eigenvalue weighted by atomic mass is 10.1. The minimum atomic E-state index is -0.132. The molecule has 0 aliphatic carbocycles. The molecule has 174 valence electrons. The number of aromatic nitrogens is 1. The van der Waals surface area contributed by atoms with Crippen LogP contribution in [0.3, 0.4) is 0 Å². The highest BCUT2D eigenvalue weighted by Gasteiger charge is 2.14. The number of likely N-dealkylation sites (tertiary alicyclic amines) is 1. The molecule has 0 atom stereocenters. The maximum atomic E-state index is 11.2. The molecule has 0 radical (unpaired) electrons. The van der Waals surface area contributed by atoms with E-state index in [4.69, 9.17) is 21.6 Å². The van der Waals surface area contributed by atoms with Gasteiger partial charge in [0.2, 0.25) is 5.56 Å². The zero-order chi connectivity index (χ0) is 23.5. The molecule has 1 aliphatic rings. The fourth-order valence-electron chi connectivity index (χ4n) is 2.80. The average molecular weight is 433 g/mol.